The quantitative estimate of drug-likeness (QED) is 0.313. The van der Waals surface area contributed by atoms with Crippen molar-refractivity contribution in [2.45, 2.75) is 57.8 Å². The molecule has 3 unspecified atom stereocenters. The fraction of sp³-hybridized carbons (Fsp3) is 1.00. The van der Waals surface area contributed by atoms with E-state index in [1.54, 1.807) is 0 Å². The normalized spacial score (nSPS) is 15.4. The fourth-order valence-corrected chi connectivity index (χ4v) is 1.76. The van der Waals surface area contributed by atoms with Crippen LogP contribution < -0.4 is 0 Å². The third-order valence-electron chi connectivity index (χ3n) is 3.25. The molecule has 0 rings (SSSR count). The first-order chi connectivity index (χ1) is 11.6. The summed E-state index contributed by atoms with van der Waals surface area (Å²) in [5, 5.41) is 28.6. The topological polar surface area (TPSA) is 97.6 Å². The summed E-state index contributed by atoms with van der Waals surface area (Å²) in [7, 11) is 0. The van der Waals surface area contributed by atoms with Crippen molar-refractivity contribution in [1.29, 1.82) is 0 Å². The predicted molar refractivity (Wildman–Crippen MR) is 91.1 cm³/mol. The summed E-state index contributed by atoms with van der Waals surface area (Å²) in [6.07, 6.45) is 2.07. The SMILES string of the molecule is CCCCOCC(O)COCC(CO)OCC(O)COCCCC. The van der Waals surface area contributed by atoms with Gasteiger partial charge in [0.1, 0.15) is 18.3 Å². The van der Waals surface area contributed by atoms with Crippen LogP contribution in [-0.4, -0.2) is 86.5 Å². The fourth-order valence-electron chi connectivity index (χ4n) is 1.76. The van der Waals surface area contributed by atoms with Crippen molar-refractivity contribution in [3.63, 3.8) is 0 Å². The molecule has 0 heterocycles. The van der Waals surface area contributed by atoms with Crippen LogP contribution in [0, 0.1) is 0 Å². The van der Waals surface area contributed by atoms with Crippen LogP contribution in [0.2, 0.25) is 0 Å². The third-order valence-corrected chi connectivity index (χ3v) is 3.25. The maximum absolute atomic E-state index is 9.72. The van der Waals surface area contributed by atoms with Crippen LogP contribution in [0.3, 0.4) is 0 Å². The zero-order chi connectivity index (χ0) is 18.0. The maximum atomic E-state index is 9.72. The second kappa shape index (κ2) is 17.5. The van der Waals surface area contributed by atoms with Crippen LogP contribution >= 0.6 is 0 Å². The van der Waals surface area contributed by atoms with Crippen LogP contribution in [0.15, 0.2) is 0 Å². The van der Waals surface area contributed by atoms with Crippen molar-refractivity contribution in [1.82, 2.24) is 0 Å². The highest BCUT2D eigenvalue weighted by molar-refractivity contribution is 4.60. The zero-order valence-corrected chi connectivity index (χ0v) is 15.2. The smallest absolute Gasteiger partial charge is 0.104 e. The van der Waals surface area contributed by atoms with Gasteiger partial charge in [-0.2, -0.15) is 0 Å². The molecule has 0 spiro atoms. The van der Waals surface area contributed by atoms with Crippen LogP contribution in [0.1, 0.15) is 39.5 Å². The molecule has 0 aromatic rings. The lowest BCUT2D eigenvalue weighted by molar-refractivity contribution is -0.0946. The highest BCUT2D eigenvalue weighted by atomic mass is 16.6. The number of rotatable bonds is 18. The van der Waals surface area contributed by atoms with Gasteiger partial charge < -0.3 is 34.3 Å². The summed E-state index contributed by atoms with van der Waals surface area (Å²) in [4.78, 5) is 0. The summed E-state index contributed by atoms with van der Waals surface area (Å²) in [6, 6.07) is 0. The number of aliphatic hydroxyl groups is 3. The molecule has 0 aromatic heterocycles. The molecule has 24 heavy (non-hydrogen) atoms. The lowest BCUT2D eigenvalue weighted by Crippen LogP contribution is -2.32. The second-order valence-electron chi connectivity index (χ2n) is 5.84. The molecule has 0 bridgehead atoms. The Morgan fingerprint density at radius 3 is 1.71 bits per heavy atom. The third kappa shape index (κ3) is 15.3. The largest absolute Gasteiger partial charge is 0.394 e. The predicted octanol–water partition coefficient (Wildman–Crippen LogP) is 0.736. The van der Waals surface area contributed by atoms with E-state index in [-0.39, 0.29) is 39.6 Å². The van der Waals surface area contributed by atoms with Gasteiger partial charge in [-0.05, 0) is 12.8 Å². The molecule has 0 fully saturated rings. The minimum Gasteiger partial charge on any atom is -0.394 e. The average molecular weight is 352 g/mol. The summed E-state index contributed by atoms with van der Waals surface area (Å²) in [5.41, 5.74) is 0. The Morgan fingerprint density at radius 1 is 0.708 bits per heavy atom. The minimum absolute atomic E-state index is 0.0728. The Balaban J connectivity index is 3.64. The number of aliphatic hydroxyl groups excluding tert-OH is 3. The van der Waals surface area contributed by atoms with Crippen molar-refractivity contribution >= 4 is 0 Å². The van der Waals surface area contributed by atoms with Gasteiger partial charge in [-0.15, -0.1) is 0 Å². The Morgan fingerprint density at radius 2 is 1.21 bits per heavy atom. The molecular formula is C17H36O7. The molecular weight excluding hydrogens is 316 g/mol. The van der Waals surface area contributed by atoms with E-state index in [1.165, 1.54) is 0 Å². The van der Waals surface area contributed by atoms with Crippen molar-refractivity contribution in [2.75, 3.05) is 52.9 Å². The van der Waals surface area contributed by atoms with Crippen LogP contribution in [0.25, 0.3) is 0 Å². The molecule has 0 radical (unpaired) electrons. The van der Waals surface area contributed by atoms with E-state index in [0.717, 1.165) is 25.7 Å². The average Bonchev–Trinajstić information content (AvgIpc) is 2.58. The standard InChI is InChI=1S/C17H36O7/c1-3-5-7-21-10-15(19)12-23-14-17(9-18)24-13-16(20)11-22-8-6-4-2/h15-20H,3-14H2,1-2H3. The van der Waals surface area contributed by atoms with Crippen LogP contribution in [0.5, 0.6) is 0 Å². The van der Waals surface area contributed by atoms with Gasteiger partial charge in [-0.25, -0.2) is 0 Å². The summed E-state index contributed by atoms with van der Waals surface area (Å²) in [6.45, 7) is 5.98. The molecule has 7 heteroatoms. The first kappa shape index (κ1) is 23.7. The van der Waals surface area contributed by atoms with Crippen molar-refractivity contribution in [3.8, 4) is 0 Å². The van der Waals surface area contributed by atoms with Crippen molar-refractivity contribution < 1.29 is 34.3 Å². The lowest BCUT2D eigenvalue weighted by Gasteiger charge is -2.19. The molecule has 146 valence electrons. The van der Waals surface area contributed by atoms with E-state index < -0.39 is 18.3 Å². The van der Waals surface area contributed by atoms with Gasteiger partial charge in [0.05, 0.1) is 39.6 Å². The zero-order valence-electron chi connectivity index (χ0n) is 15.2. The van der Waals surface area contributed by atoms with E-state index >= 15 is 0 Å². The molecule has 0 aliphatic heterocycles. The van der Waals surface area contributed by atoms with Gasteiger partial charge in [0.2, 0.25) is 0 Å². The highest BCUT2D eigenvalue weighted by Gasteiger charge is 2.13. The molecule has 0 amide bonds. The van der Waals surface area contributed by atoms with E-state index in [0.29, 0.717) is 13.2 Å². The van der Waals surface area contributed by atoms with Gasteiger partial charge in [0, 0.05) is 13.2 Å². The van der Waals surface area contributed by atoms with E-state index in [2.05, 4.69) is 13.8 Å². The van der Waals surface area contributed by atoms with Gasteiger partial charge >= 0.3 is 0 Å². The van der Waals surface area contributed by atoms with Crippen LogP contribution in [0.4, 0.5) is 0 Å². The Labute approximate surface area is 145 Å². The van der Waals surface area contributed by atoms with E-state index in [9.17, 15) is 15.3 Å². The Kier molecular flexibility index (Phi) is 17.3. The van der Waals surface area contributed by atoms with Gasteiger partial charge in [0.15, 0.2) is 0 Å². The Hall–Kier alpha value is -0.280. The summed E-state index contributed by atoms with van der Waals surface area (Å²) in [5.74, 6) is 0. The summed E-state index contributed by atoms with van der Waals surface area (Å²) < 4.78 is 21.3. The van der Waals surface area contributed by atoms with Gasteiger partial charge in [0.25, 0.3) is 0 Å². The van der Waals surface area contributed by atoms with Crippen molar-refractivity contribution in [3.05, 3.63) is 0 Å². The van der Waals surface area contributed by atoms with Gasteiger partial charge in [-0.1, -0.05) is 26.7 Å². The number of ether oxygens (including phenoxy) is 4. The van der Waals surface area contributed by atoms with E-state index in [4.69, 9.17) is 18.9 Å². The molecule has 0 aromatic carbocycles. The highest BCUT2D eigenvalue weighted by Crippen LogP contribution is 1.99. The molecule has 0 aliphatic carbocycles. The number of unbranched alkanes of at least 4 members (excludes halogenated alkanes) is 2. The molecule has 3 atom stereocenters. The minimum atomic E-state index is -0.728. The molecule has 0 saturated carbocycles. The number of hydrogen-bond acceptors (Lipinski definition) is 7. The first-order valence-electron chi connectivity index (χ1n) is 8.95. The Bertz CT molecular complexity index is 253. The molecule has 0 saturated heterocycles. The lowest BCUT2D eigenvalue weighted by atomic mass is 10.3. The monoisotopic (exact) mass is 352 g/mol. The van der Waals surface area contributed by atoms with Crippen LogP contribution in [-0.2, 0) is 18.9 Å². The second-order valence-corrected chi connectivity index (χ2v) is 5.84. The van der Waals surface area contributed by atoms with E-state index in [1.807, 2.05) is 0 Å². The first-order valence-corrected chi connectivity index (χ1v) is 8.95. The van der Waals surface area contributed by atoms with Crippen molar-refractivity contribution in [2.24, 2.45) is 0 Å². The summed E-state index contributed by atoms with van der Waals surface area (Å²) >= 11 is 0. The maximum Gasteiger partial charge on any atom is 0.104 e. The number of hydrogen-bond donors (Lipinski definition) is 3. The molecule has 0 aliphatic rings. The molecule has 3 N–H and O–H groups in total. The van der Waals surface area contributed by atoms with Gasteiger partial charge in [-0.3, -0.25) is 0 Å². The molecule has 7 nitrogen and oxygen atoms in total.